The lowest BCUT2D eigenvalue weighted by Gasteiger charge is -2.27. The van der Waals surface area contributed by atoms with Crippen LogP contribution in [0.15, 0.2) is 48.5 Å². The van der Waals surface area contributed by atoms with E-state index in [1.165, 1.54) is 11.3 Å². The van der Waals surface area contributed by atoms with Crippen molar-refractivity contribution in [3.63, 3.8) is 0 Å². The van der Waals surface area contributed by atoms with Crippen molar-refractivity contribution in [1.82, 2.24) is 15.1 Å². The number of hydrogen-bond donors (Lipinski definition) is 1. The summed E-state index contributed by atoms with van der Waals surface area (Å²) in [7, 11) is 0. The molecule has 0 spiro atoms. The number of carbonyl (C=O) groups is 1. The van der Waals surface area contributed by atoms with Gasteiger partial charge in [-0.05, 0) is 12.1 Å². The van der Waals surface area contributed by atoms with Gasteiger partial charge >= 0.3 is 0 Å². The van der Waals surface area contributed by atoms with Crippen molar-refractivity contribution in [1.29, 1.82) is 0 Å². The average Bonchev–Trinajstić information content (AvgIpc) is 3.00. The fourth-order valence-electron chi connectivity index (χ4n) is 2.81. The molecule has 2 aromatic carbocycles. The van der Waals surface area contributed by atoms with Crippen molar-refractivity contribution in [2.24, 2.45) is 0 Å². The molecule has 0 aliphatic carbocycles. The summed E-state index contributed by atoms with van der Waals surface area (Å²) < 4.78 is 6.06. The molecule has 0 fully saturated rings. The number of rotatable bonds is 2. The number of benzene rings is 2. The minimum Gasteiger partial charge on any atom is -0.457 e. The van der Waals surface area contributed by atoms with E-state index in [-0.39, 0.29) is 12.3 Å². The Morgan fingerprint density at radius 1 is 1.04 bits per heavy atom. The fourth-order valence-corrected chi connectivity index (χ4v) is 3.41. The van der Waals surface area contributed by atoms with E-state index in [4.69, 9.17) is 10.5 Å². The van der Waals surface area contributed by atoms with E-state index >= 15 is 0 Å². The molecule has 0 saturated heterocycles. The van der Waals surface area contributed by atoms with Gasteiger partial charge in [-0.25, -0.2) is 0 Å². The van der Waals surface area contributed by atoms with Crippen molar-refractivity contribution in [2.75, 3.05) is 5.73 Å². The van der Waals surface area contributed by atoms with Gasteiger partial charge in [0.05, 0.1) is 6.42 Å². The first-order valence-corrected chi connectivity index (χ1v) is 8.70. The van der Waals surface area contributed by atoms with E-state index in [0.717, 1.165) is 22.6 Å². The second kappa shape index (κ2) is 6.52. The standard InChI is InChI=1S/C18H16N4O2S/c19-18-21-20-16(25-18)9-17(23)22-10-12-5-1-3-7-14(12)24-15-8-4-2-6-13(15)11-22/h1-8H,9-11H2,(H2,19,21). The smallest absolute Gasteiger partial charge is 0.230 e. The first kappa shape index (κ1) is 15.6. The van der Waals surface area contributed by atoms with E-state index in [1.54, 1.807) is 0 Å². The third-order valence-corrected chi connectivity index (χ3v) is 4.78. The molecule has 4 rings (SSSR count). The summed E-state index contributed by atoms with van der Waals surface area (Å²) in [5.41, 5.74) is 7.56. The first-order valence-electron chi connectivity index (χ1n) is 7.88. The molecule has 0 bridgehead atoms. The Balaban J connectivity index is 1.67. The number of nitrogens with two attached hydrogens (primary N) is 1. The number of ether oxygens (including phenoxy) is 1. The molecule has 6 nitrogen and oxygen atoms in total. The van der Waals surface area contributed by atoms with Crippen LogP contribution in [0.4, 0.5) is 5.13 Å². The number of carbonyl (C=O) groups excluding carboxylic acids is 1. The SMILES string of the molecule is Nc1nnc(CC(=O)N2Cc3ccccc3Oc3ccccc3C2)s1. The van der Waals surface area contributed by atoms with Gasteiger partial charge in [-0.15, -0.1) is 10.2 Å². The van der Waals surface area contributed by atoms with Crippen LogP contribution in [0, 0.1) is 0 Å². The molecule has 3 aromatic rings. The maximum atomic E-state index is 12.8. The zero-order valence-corrected chi connectivity index (χ0v) is 14.2. The number of fused-ring (bicyclic) bond motifs is 2. The Labute approximate surface area is 148 Å². The van der Waals surface area contributed by atoms with Gasteiger partial charge in [-0.3, -0.25) is 4.79 Å². The number of para-hydroxylation sites is 2. The molecule has 2 N–H and O–H groups in total. The van der Waals surface area contributed by atoms with Gasteiger partial charge in [-0.1, -0.05) is 47.7 Å². The molecular weight excluding hydrogens is 336 g/mol. The molecule has 1 aromatic heterocycles. The van der Waals surface area contributed by atoms with Crippen molar-refractivity contribution in [3.05, 3.63) is 64.7 Å². The summed E-state index contributed by atoms with van der Waals surface area (Å²) in [5.74, 6) is 1.53. The molecular formula is C18H16N4O2S. The Morgan fingerprint density at radius 2 is 1.64 bits per heavy atom. The lowest BCUT2D eigenvalue weighted by molar-refractivity contribution is -0.131. The summed E-state index contributed by atoms with van der Waals surface area (Å²) in [4.78, 5) is 14.7. The quantitative estimate of drug-likeness (QED) is 0.767. The van der Waals surface area contributed by atoms with Gasteiger partial charge < -0.3 is 15.4 Å². The van der Waals surface area contributed by atoms with Gasteiger partial charge in [0.2, 0.25) is 11.0 Å². The van der Waals surface area contributed by atoms with E-state index in [2.05, 4.69) is 10.2 Å². The molecule has 0 atom stereocenters. The third-order valence-electron chi connectivity index (χ3n) is 4.03. The molecule has 0 saturated carbocycles. The number of amides is 1. The molecule has 1 aliphatic rings. The number of hydrogen-bond acceptors (Lipinski definition) is 6. The zero-order chi connectivity index (χ0) is 17.2. The highest BCUT2D eigenvalue weighted by atomic mass is 32.1. The summed E-state index contributed by atoms with van der Waals surface area (Å²) in [6.45, 7) is 0.968. The van der Waals surface area contributed by atoms with Crippen LogP contribution in [-0.4, -0.2) is 21.0 Å². The molecule has 2 heterocycles. The minimum absolute atomic E-state index is 0.0114. The Morgan fingerprint density at radius 3 is 2.20 bits per heavy atom. The topological polar surface area (TPSA) is 81.3 Å². The summed E-state index contributed by atoms with van der Waals surface area (Å²) in [6.07, 6.45) is 0.195. The van der Waals surface area contributed by atoms with Crippen molar-refractivity contribution in [2.45, 2.75) is 19.5 Å². The summed E-state index contributed by atoms with van der Waals surface area (Å²) >= 11 is 1.24. The molecule has 0 unspecified atom stereocenters. The molecule has 25 heavy (non-hydrogen) atoms. The largest absolute Gasteiger partial charge is 0.457 e. The van der Waals surface area contributed by atoms with E-state index in [9.17, 15) is 4.79 Å². The van der Waals surface area contributed by atoms with Crippen LogP contribution < -0.4 is 10.5 Å². The predicted molar refractivity (Wildman–Crippen MR) is 95.2 cm³/mol. The molecule has 0 radical (unpaired) electrons. The Kier molecular flexibility index (Phi) is 4.07. The highest BCUT2D eigenvalue weighted by Crippen LogP contribution is 2.32. The van der Waals surface area contributed by atoms with Crippen LogP contribution >= 0.6 is 11.3 Å². The number of nitrogen functional groups attached to an aromatic ring is 1. The Bertz CT molecular complexity index is 877. The second-order valence-corrected chi connectivity index (χ2v) is 6.87. The first-order chi connectivity index (χ1) is 12.2. The summed E-state index contributed by atoms with van der Waals surface area (Å²) in [6, 6.07) is 15.6. The molecule has 126 valence electrons. The number of aromatic nitrogens is 2. The van der Waals surface area contributed by atoms with Gasteiger partial charge in [-0.2, -0.15) is 0 Å². The van der Waals surface area contributed by atoms with Crippen LogP contribution in [0.2, 0.25) is 0 Å². The van der Waals surface area contributed by atoms with Gasteiger partial charge in [0.1, 0.15) is 16.5 Å². The fraction of sp³-hybridized carbons (Fsp3) is 0.167. The van der Waals surface area contributed by atoms with Crippen LogP contribution in [0.1, 0.15) is 16.1 Å². The monoisotopic (exact) mass is 352 g/mol. The van der Waals surface area contributed by atoms with Crippen LogP contribution in [0.5, 0.6) is 11.5 Å². The van der Waals surface area contributed by atoms with E-state index in [0.29, 0.717) is 23.2 Å². The van der Waals surface area contributed by atoms with Crippen molar-refractivity contribution < 1.29 is 9.53 Å². The van der Waals surface area contributed by atoms with Gasteiger partial charge in [0.15, 0.2) is 0 Å². The second-order valence-electron chi connectivity index (χ2n) is 5.78. The maximum absolute atomic E-state index is 12.8. The van der Waals surface area contributed by atoms with Crippen LogP contribution in [-0.2, 0) is 24.3 Å². The van der Waals surface area contributed by atoms with E-state index in [1.807, 2.05) is 53.4 Å². The molecule has 7 heteroatoms. The normalized spacial score (nSPS) is 13.2. The van der Waals surface area contributed by atoms with Crippen LogP contribution in [0.3, 0.4) is 0 Å². The average molecular weight is 352 g/mol. The highest BCUT2D eigenvalue weighted by Gasteiger charge is 2.22. The summed E-state index contributed by atoms with van der Waals surface area (Å²) in [5, 5.41) is 8.73. The highest BCUT2D eigenvalue weighted by molar-refractivity contribution is 7.15. The third kappa shape index (κ3) is 3.32. The zero-order valence-electron chi connectivity index (χ0n) is 13.4. The Hall–Kier alpha value is -2.93. The van der Waals surface area contributed by atoms with Crippen molar-refractivity contribution in [3.8, 4) is 11.5 Å². The number of nitrogens with zero attached hydrogens (tertiary/aromatic N) is 3. The lowest BCUT2D eigenvalue weighted by Crippen LogP contribution is -2.32. The molecule has 1 amide bonds. The molecule has 1 aliphatic heterocycles. The lowest BCUT2D eigenvalue weighted by atomic mass is 10.1. The van der Waals surface area contributed by atoms with Gasteiger partial charge in [0.25, 0.3) is 0 Å². The maximum Gasteiger partial charge on any atom is 0.230 e. The predicted octanol–water partition coefficient (Wildman–Crippen LogP) is 3.00. The minimum atomic E-state index is -0.0114. The number of anilines is 1. The van der Waals surface area contributed by atoms with Gasteiger partial charge in [0, 0.05) is 24.2 Å². The van der Waals surface area contributed by atoms with E-state index < -0.39 is 0 Å². The van der Waals surface area contributed by atoms with Crippen LogP contribution in [0.25, 0.3) is 0 Å². The van der Waals surface area contributed by atoms with Crippen molar-refractivity contribution >= 4 is 22.4 Å².